The molecule has 0 bridgehead atoms. The summed E-state index contributed by atoms with van der Waals surface area (Å²) in [6, 6.07) is 6.77. The van der Waals surface area contributed by atoms with Gasteiger partial charge in [-0.2, -0.15) is 0 Å². The molecule has 3 heteroatoms. The molecule has 1 aromatic rings. The molecule has 0 atom stereocenters. The molecule has 0 heterocycles. The van der Waals surface area contributed by atoms with Gasteiger partial charge in [-0.15, -0.1) is 0 Å². The largest absolute Gasteiger partial charge is 0.372 e. The summed E-state index contributed by atoms with van der Waals surface area (Å²) in [5.41, 5.74) is 2.34. The van der Waals surface area contributed by atoms with Gasteiger partial charge in [0.05, 0.1) is 0 Å². The molecule has 0 aliphatic carbocycles. The van der Waals surface area contributed by atoms with Crippen molar-refractivity contribution in [3.8, 4) is 0 Å². The van der Waals surface area contributed by atoms with E-state index in [2.05, 4.69) is 50.2 Å². The fraction of sp³-hybridized carbons (Fsp3) is 0.571. The number of benzene rings is 1. The summed E-state index contributed by atoms with van der Waals surface area (Å²) in [6.07, 6.45) is 1.14. The van der Waals surface area contributed by atoms with Crippen LogP contribution >= 0.6 is 11.6 Å². The lowest BCUT2D eigenvalue weighted by atomic mass is 10.1. The van der Waals surface area contributed by atoms with Gasteiger partial charge in [-0.05, 0) is 44.5 Å². The van der Waals surface area contributed by atoms with Crippen molar-refractivity contribution in [3.05, 3.63) is 28.8 Å². The lowest BCUT2D eigenvalue weighted by Gasteiger charge is -2.24. The van der Waals surface area contributed by atoms with E-state index in [0.717, 1.165) is 24.5 Å². The van der Waals surface area contributed by atoms with Gasteiger partial charge in [-0.25, -0.2) is 0 Å². The fourth-order valence-electron chi connectivity index (χ4n) is 1.60. The van der Waals surface area contributed by atoms with E-state index in [1.54, 1.807) is 0 Å². The molecule has 1 aromatic carbocycles. The van der Waals surface area contributed by atoms with Crippen LogP contribution in [-0.2, 0) is 6.54 Å². The lowest BCUT2D eigenvalue weighted by molar-refractivity contribution is 0.675. The van der Waals surface area contributed by atoms with Crippen molar-refractivity contribution in [3.63, 3.8) is 0 Å². The molecular weight excluding hydrogens is 232 g/mol. The summed E-state index contributed by atoms with van der Waals surface area (Å²) in [5.74, 6) is 0. The Labute approximate surface area is 110 Å². The fourth-order valence-corrected chi connectivity index (χ4v) is 1.84. The summed E-state index contributed by atoms with van der Waals surface area (Å²) in [5, 5.41) is 4.21. The highest BCUT2D eigenvalue weighted by atomic mass is 35.5. The van der Waals surface area contributed by atoms with Crippen LogP contribution in [0.3, 0.4) is 0 Å². The van der Waals surface area contributed by atoms with Crippen molar-refractivity contribution < 1.29 is 0 Å². The first kappa shape index (κ1) is 14.3. The second kappa shape index (κ2) is 6.87. The average Bonchev–Trinajstić information content (AvgIpc) is 2.30. The van der Waals surface area contributed by atoms with E-state index in [4.69, 9.17) is 11.6 Å². The maximum Gasteiger partial charge on any atom is 0.0471 e. The molecule has 0 unspecified atom stereocenters. The number of nitrogens with zero attached hydrogens (tertiary/aromatic N) is 1. The second-order valence-electron chi connectivity index (χ2n) is 4.66. The number of halogens is 1. The van der Waals surface area contributed by atoms with Crippen molar-refractivity contribution in [2.75, 3.05) is 18.5 Å². The van der Waals surface area contributed by atoms with Crippen LogP contribution in [0.25, 0.3) is 0 Å². The minimum atomic E-state index is 0.482. The van der Waals surface area contributed by atoms with Crippen LogP contribution in [0.4, 0.5) is 5.69 Å². The average molecular weight is 255 g/mol. The second-order valence-corrected chi connectivity index (χ2v) is 5.06. The summed E-state index contributed by atoms with van der Waals surface area (Å²) in [7, 11) is 2.09. The molecule has 0 spiro atoms. The van der Waals surface area contributed by atoms with E-state index in [1.165, 1.54) is 11.3 Å². The predicted molar refractivity (Wildman–Crippen MR) is 77.0 cm³/mol. The van der Waals surface area contributed by atoms with E-state index in [-0.39, 0.29) is 0 Å². The Bertz CT molecular complexity index is 350. The van der Waals surface area contributed by atoms with Crippen LogP contribution in [0.5, 0.6) is 0 Å². The standard InChI is InChI=1S/C14H23ClN2/c1-5-8-16-10-12-6-7-13(9-14(12)15)17(4)11(2)3/h6-7,9,11,16H,5,8,10H2,1-4H3. The highest BCUT2D eigenvalue weighted by Gasteiger charge is 2.07. The monoisotopic (exact) mass is 254 g/mol. The number of hydrogen-bond donors (Lipinski definition) is 1. The third-order valence-corrected chi connectivity index (χ3v) is 3.31. The van der Waals surface area contributed by atoms with E-state index >= 15 is 0 Å². The van der Waals surface area contributed by atoms with Crippen LogP contribution in [0, 0.1) is 0 Å². The van der Waals surface area contributed by atoms with Crippen molar-refractivity contribution in [2.45, 2.75) is 39.8 Å². The number of anilines is 1. The van der Waals surface area contributed by atoms with Crippen molar-refractivity contribution in [1.29, 1.82) is 0 Å². The molecule has 0 radical (unpaired) electrons. The van der Waals surface area contributed by atoms with Crippen LogP contribution in [0.2, 0.25) is 5.02 Å². The van der Waals surface area contributed by atoms with Crippen LogP contribution in [0.15, 0.2) is 18.2 Å². The third kappa shape index (κ3) is 4.21. The minimum Gasteiger partial charge on any atom is -0.372 e. The Morgan fingerprint density at radius 2 is 2.06 bits per heavy atom. The molecule has 0 saturated heterocycles. The molecule has 0 aliphatic heterocycles. The molecule has 2 nitrogen and oxygen atoms in total. The molecular formula is C14H23ClN2. The van der Waals surface area contributed by atoms with Gasteiger partial charge in [0, 0.05) is 30.3 Å². The first-order chi connectivity index (χ1) is 8.06. The van der Waals surface area contributed by atoms with Crippen LogP contribution < -0.4 is 10.2 Å². The molecule has 96 valence electrons. The molecule has 0 fully saturated rings. The zero-order chi connectivity index (χ0) is 12.8. The Kier molecular flexibility index (Phi) is 5.79. The maximum absolute atomic E-state index is 6.29. The quantitative estimate of drug-likeness (QED) is 0.779. The van der Waals surface area contributed by atoms with Gasteiger partial charge in [-0.3, -0.25) is 0 Å². The normalized spacial score (nSPS) is 10.9. The molecule has 1 rings (SSSR count). The smallest absolute Gasteiger partial charge is 0.0471 e. The maximum atomic E-state index is 6.29. The SMILES string of the molecule is CCCNCc1ccc(N(C)C(C)C)cc1Cl. The van der Waals surface area contributed by atoms with Gasteiger partial charge >= 0.3 is 0 Å². The van der Waals surface area contributed by atoms with E-state index in [1.807, 2.05) is 6.07 Å². The van der Waals surface area contributed by atoms with Crippen LogP contribution in [-0.4, -0.2) is 19.6 Å². The number of nitrogens with one attached hydrogen (secondary N) is 1. The molecule has 0 aliphatic rings. The van der Waals surface area contributed by atoms with Crippen molar-refractivity contribution >= 4 is 17.3 Å². The van der Waals surface area contributed by atoms with Crippen molar-refractivity contribution in [2.24, 2.45) is 0 Å². The van der Waals surface area contributed by atoms with Gasteiger partial charge in [0.2, 0.25) is 0 Å². The molecule has 0 aromatic heterocycles. The van der Waals surface area contributed by atoms with E-state index < -0.39 is 0 Å². The number of rotatable bonds is 6. The lowest BCUT2D eigenvalue weighted by Crippen LogP contribution is -2.25. The third-order valence-electron chi connectivity index (χ3n) is 2.96. The highest BCUT2D eigenvalue weighted by molar-refractivity contribution is 6.31. The Balaban J connectivity index is 2.72. The van der Waals surface area contributed by atoms with Gasteiger partial charge in [-0.1, -0.05) is 24.6 Å². The van der Waals surface area contributed by atoms with Gasteiger partial charge in [0.1, 0.15) is 0 Å². The first-order valence-corrected chi connectivity index (χ1v) is 6.66. The summed E-state index contributed by atoms with van der Waals surface area (Å²) >= 11 is 6.29. The zero-order valence-electron chi connectivity index (χ0n) is 11.3. The zero-order valence-corrected chi connectivity index (χ0v) is 12.0. The summed E-state index contributed by atoms with van der Waals surface area (Å²) in [6.45, 7) is 8.38. The predicted octanol–water partition coefficient (Wildman–Crippen LogP) is 3.68. The summed E-state index contributed by atoms with van der Waals surface area (Å²) < 4.78 is 0. The van der Waals surface area contributed by atoms with Gasteiger partial charge in [0.15, 0.2) is 0 Å². The van der Waals surface area contributed by atoms with Gasteiger partial charge in [0.25, 0.3) is 0 Å². The molecule has 0 amide bonds. The van der Waals surface area contributed by atoms with Crippen LogP contribution in [0.1, 0.15) is 32.8 Å². The van der Waals surface area contributed by atoms with E-state index in [9.17, 15) is 0 Å². The Hall–Kier alpha value is -0.730. The molecule has 0 saturated carbocycles. The topological polar surface area (TPSA) is 15.3 Å². The first-order valence-electron chi connectivity index (χ1n) is 6.28. The van der Waals surface area contributed by atoms with Crippen molar-refractivity contribution in [1.82, 2.24) is 5.32 Å². The molecule has 1 N–H and O–H groups in total. The minimum absolute atomic E-state index is 0.482. The van der Waals surface area contributed by atoms with E-state index in [0.29, 0.717) is 6.04 Å². The highest BCUT2D eigenvalue weighted by Crippen LogP contribution is 2.24. The Morgan fingerprint density at radius 1 is 1.35 bits per heavy atom. The Morgan fingerprint density at radius 3 is 2.59 bits per heavy atom. The summed E-state index contributed by atoms with van der Waals surface area (Å²) in [4.78, 5) is 2.22. The molecule has 17 heavy (non-hydrogen) atoms. The number of hydrogen-bond acceptors (Lipinski definition) is 2. The van der Waals surface area contributed by atoms with Gasteiger partial charge < -0.3 is 10.2 Å².